The summed E-state index contributed by atoms with van der Waals surface area (Å²) in [5, 5.41) is 4.17. The average Bonchev–Trinajstić information content (AvgIpc) is 2.29. The maximum atomic E-state index is 10.8. The summed E-state index contributed by atoms with van der Waals surface area (Å²) >= 11 is 0. The summed E-state index contributed by atoms with van der Waals surface area (Å²) in [6.07, 6.45) is 3.59. The van der Waals surface area contributed by atoms with Gasteiger partial charge in [0.15, 0.2) is 0 Å². The molecule has 1 aliphatic rings. The molecule has 1 amide bonds. The third kappa shape index (κ3) is 1.32. The third-order valence-electron chi connectivity index (χ3n) is 2.60. The predicted molar refractivity (Wildman–Crippen MR) is 48.4 cm³/mol. The van der Waals surface area contributed by atoms with E-state index in [1.54, 1.807) is 6.07 Å². The van der Waals surface area contributed by atoms with Gasteiger partial charge >= 0.3 is 0 Å². The van der Waals surface area contributed by atoms with Crippen LogP contribution in [0.15, 0.2) is 6.07 Å². The van der Waals surface area contributed by atoms with E-state index in [-0.39, 0.29) is 0 Å². The van der Waals surface area contributed by atoms with Crippen molar-refractivity contribution in [1.82, 2.24) is 9.78 Å². The Morgan fingerprint density at radius 1 is 1.69 bits per heavy atom. The molecule has 70 valence electrons. The molecule has 0 atom stereocenters. The highest BCUT2D eigenvalue weighted by Gasteiger charge is 2.22. The van der Waals surface area contributed by atoms with Gasteiger partial charge in [0, 0.05) is 5.69 Å². The molecule has 1 heterocycles. The average molecular weight is 179 g/mol. The zero-order chi connectivity index (χ0) is 9.42. The molecule has 0 radical (unpaired) electrons. The lowest BCUT2D eigenvalue weighted by Crippen LogP contribution is -2.20. The van der Waals surface area contributed by atoms with Crippen molar-refractivity contribution >= 4 is 5.91 Å². The van der Waals surface area contributed by atoms with Crippen molar-refractivity contribution < 1.29 is 4.79 Å². The molecular formula is C9H13N3O. The van der Waals surface area contributed by atoms with Gasteiger partial charge in [-0.25, -0.2) is 0 Å². The highest BCUT2D eigenvalue weighted by atomic mass is 16.1. The van der Waals surface area contributed by atoms with Crippen LogP contribution >= 0.6 is 0 Å². The molecule has 4 nitrogen and oxygen atoms in total. The number of carbonyl (C=O) groups is 1. The molecule has 1 saturated carbocycles. The van der Waals surface area contributed by atoms with Crippen LogP contribution in [0.3, 0.4) is 0 Å². The van der Waals surface area contributed by atoms with Crippen LogP contribution in [-0.4, -0.2) is 15.7 Å². The molecule has 1 aliphatic carbocycles. The second-order valence-electron chi connectivity index (χ2n) is 3.56. The molecule has 13 heavy (non-hydrogen) atoms. The van der Waals surface area contributed by atoms with Crippen LogP contribution in [0, 0.1) is 6.92 Å². The molecule has 0 bridgehead atoms. The predicted octanol–water partition coefficient (Wildman–Crippen LogP) is 1.02. The summed E-state index contributed by atoms with van der Waals surface area (Å²) in [5.74, 6) is -0.443. The van der Waals surface area contributed by atoms with Gasteiger partial charge in [0.25, 0.3) is 5.91 Å². The van der Waals surface area contributed by atoms with Crippen LogP contribution in [0.4, 0.5) is 0 Å². The lowest BCUT2D eigenvalue weighted by Gasteiger charge is -2.26. The second-order valence-corrected chi connectivity index (χ2v) is 3.56. The Balaban J connectivity index is 2.29. The number of nitrogens with two attached hydrogens (primary N) is 1. The highest BCUT2D eigenvalue weighted by Crippen LogP contribution is 2.31. The first-order chi connectivity index (χ1) is 6.18. The van der Waals surface area contributed by atoms with E-state index in [1.165, 1.54) is 19.3 Å². The molecule has 0 spiro atoms. The van der Waals surface area contributed by atoms with Gasteiger partial charge in [-0.15, -0.1) is 0 Å². The van der Waals surface area contributed by atoms with Crippen LogP contribution < -0.4 is 5.73 Å². The molecule has 1 fully saturated rings. The van der Waals surface area contributed by atoms with Crippen molar-refractivity contribution in [2.45, 2.75) is 32.2 Å². The third-order valence-corrected chi connectivity index (χ3v) is 2.60. The Kier molecular flexibility index (Phi) is 1.83. The summed E-state index contributed by atoms with van der Waals surface area (Å²) in [6, 6.07) is 2.24. The van der Waals surface area contributed by atoms with Crippen molar-refractivity contribution in [2.24, 2.45) is 5.73 Å². The number of aryl methyl sites for hydroxylation is 1. The van der Waals surface area contributed by atoms with Crippen LogP contribution in [0.5, 0.6) is 0 Å². The lowest BCUT2D eigenvalue weighted by atomic mass is 9.93. The molecule has 1 aromatic rings. The van der Waals surface area contributed by atoms with Crippen LogP contribution in [-0.2, 0) is 0 Å². The van der Waals surface area contributed by atoms with E-state index in [9.17, 15) is 4.79 Å². The Bertz CT molecular complexity index is 339. The van der Waals surface area contributed by atoms with Crippen molar-refractivity contribution in [2.75, 3.05) is 0 Å². The fourth-order valence-electron chi connectivity index (χ4n) is 1.61. The molecule has 0 saturated heterocycles. The first-order valence-corrected chi connectivity index (χ1v) is 4.54. The first-order valence-electron chi connectivity index (χ1n) is 4.54. The molecule has 0 aliphatic heterocycles. The molecule has 4 heteroatoms. The van der Waals surface area contributed by atoms with Crippen LogP contribution in [0.2, 0.25) is 0 Å². The number of aromatic nitrogens is 2. The maximum absolute atomic E-state index is 10.8. The van der Waals surface area contributed by atoms with Gasteiger partial charge < -0.3 is 5.73 Å². The van der Waals surface area contributed by atoms with Crippen molar-refractivity contribution in [1.29, 1.82) is 0 Å². The normalized spacial score (nSPS) is 17.0. The Labute approximate surface area is 76.7 Å². The van der Waals surface area contributed by atoms with Gasteiger partial charge in [0.1, 0.15) is 5.69 Å². The minimum atomic E-state index is -0.443. The van der Waals surface area contributed by atoms with E-state index in [4.69, 9.17) is 5.73 Å². The quantitative estimate of drug-likeness (QED) is 0.736. The van der Waals surface area contributed by atoms with E-state index in [2.05, 4.69) is 5.10 Å². The topological polar surface area (TPSA) is 60.9 Å². The van der Waals surface area contributed by atoms with Gasteiger partial charge in [-0.2, -0.15) is 5.10 Å². The van der Waals surface area contributed by atoms with Gasteiger partial charge in [0.2, 0.25) is 0 Å². The Morgan fingerprint density at radius 2 is 2.38 bits per heavy atom. The summed E-state index contributed by atoms with van der Waals surface area (Å²) in [5.41, 5.74) is 6.55. The van der Waals surface area contributed by atoms with Crippen LogP contribution in [0.1, 0.15) is 41.5 Å². The molecule has 2 rings (SSSR count). The fraction of sp³-hybridized carbons (Fsp3) is 0.556. The maximum Gasteiger partial charge on any atom is 0.269 e. The molecule has 0 unspecified atom stereocenters. The number of hydrogen-bond donors (Lipinski definition) is 1. The number of hydrogen-bond acceptors (Lipinski definition) is 2. The zero-order valence-corrected chi connectivity index (χ0v) is 7.66. The first kappa shape index (κ1) is 8.29. The number of primary amides is 1. The fourth-order valence-corrected chi connectivity index (χ4v) is 1.61. The van der Waals surface area contributed by atoms with Crippen molar-refractivity contribution in [3.05, 3.63) is 17.5 Å². The number of amides is 1. The summed E-state index contributed by atoms with van der Waals surface area (Å²) in [6.45, 7) is 1.96. The number of carbonyl (C=O) groups excluding carboxylic acids is 1. The second kappa shape index (κ2) is 2.87. The lowest BCUT2D eigenvalue weighted by molar-refractivity contribution is 0.0994. The van der Waals surface area contributed by atoms with E-state index in [0.29, 0.717) is 11.7 Å². The van der Waals surface area contributed by atoms with Crippen LogP contribution in [0.25, 0.3) is 0 Å². The van der Waals surface area contributed by atoms with E-state index >= 15 is 0 Å². The summed E-state index contributed by atoms with van der Waals surface area (Å²) in [7, 11) is 0. The van der Waals surface area contributed by atoms with Gasteiger partial charge in [0.05, 0.1) is 6.04 Å². The van der Waals surface area contributed by atoms with E-state index in [1.807, 2.05) is 11.6 Å². The van der Waals surface area contributed by atoms with Gasteiger partial charge in [-0.05, 0) is 32.3 Å². The molecule has 0 aromatic carbocycles. The highest BCUT2D eigenvalue weighted by molar-refractivity contribution is 5.90. The van der Waals surface area contributed by atoms with Gasteiger partial charge in [-0.1, -0.05) is 0 Å². The smallest absolute Gasteiger partial charge is 0.269 e. The minimum Gasteiger partial charge on any atom is -0.364 e. The van der Waals surface area contributed by atoms with E-state index in [0.717, 1.165) is 5.69 Å². The molecule has 2 N–H and O–H groups in total. The SMILES string of the molecule is Cc1cc(C(N)=O)nn1C1CCC1. The van der Waals surface area contributed by atoms with Crippen molar-refractivity contribution in [3.8, 4) is 0 Å². The summed E-state index contributed by atoms with van der Waals surface area (Å²) < 4.78 is 1.92. The van der Waals surface area contributed by atoms with Gasteiger partial charge in [-0.3, -0.25) is 9.48 Å². The number of nitrogens with zero attached hydrogens (tertiary/aromatic N) is 2. The molecular weight excluding hydrogens is 166 g/mol. The van der Waals surface area contributed by atoms with Crippen molar-refractivity contribution in [3.63, 3.8) is 0 Å². The molecule has 1 aromatic heterocycles. The zero-order valence-electron chi connectivity index (χ0n) is 7.66. The Morgan fingerprint density at radius 3 is 2.77 bits per heavy atom. The number of rotatable bonds is 2. The Hall–Kier alpha value is -1.32. The monoisotopic (exact) mass is 179 g/mol. The largest absolute Gasteiger partial charge is 0.364 e. The standard InChI is InChI=1S/C9H13N3O/c1-6-5-8(9(10)13)11-12(6)7-3-2-4-7/h5,7H,2-4H2,1H3,(H2,10,13). The minimum absolute atomic E-state index is 0.379. The summed E-state index contributed by atoms with van der Waals surface area (Å²) in [4.78, 5) is 10.8. The van der Waals surface area contributed by atoms with E-state index < -0.39 is 5.91 Å².